The molecule has 106 valence electrons. The van der Waals surface area contributed by atoms with Crippen LogP contribution in [0.25, 0.3) is 0 Å². The van der Waals surface area contributed by atoms with E-state index in [4.69, 9.17) is 0 Å². The van der Waals surface area contributed by atoms with E-state index in [2.05, 4.69) is 5.32 Å². The maximum Gasteiger partial charge on any atom is 0.230 e. The third kappa shape index (κ3) is 3.45. The van der Waals surface area contributed by atoms with Crippen LogP contribution in [-0.2, 0) is 4.79 Å². The van der Waals surface area contributed by atoms with Crippen LogP contribution >= 0.6 is 12.4 Å². The van der Waals surface area contributed by atoms with Crippen molar-refractivity contribution < 1.29 is 9.18 Å². The Morgan fingerprint density at radius 2 is 2.16 bits per heavy atom. The lowest BCUT2D eigenvalue weighted by Gasteiger charge is -2.35. The Labute approximate surface area is 119 Å². The topological polar surface area (TPSA) is 32.3 Å². The zero-order valence-electron chi connectivity index (χ0n) is 11.2. The van der Waals surface area contributed by atoms with E-state index in [0.29, 0.717) is 12.1 Å². The average Bonchev–Trinajstić information content (AvgIpc) is 2.38. The van der Waals surface area contributed by atoms with Crippen LogP contribution in [0.4, 0.5) is 4.39 Å². The molecule has 1 aliphatic heterocycles. The largest absolute Gasteiger partial charge is 0.337 e. The number of benzene rings is 1. The number of nitrogens with zero attached hydrogens (tertiary/aromatic N) is 1. The summed E-state index contributed by atoms with van der Waals surface area (Å²) in [6, 6.07) is 6.67. The van der Waals surface area contributed by atoms with Crippen LogP contribution in [0.3, 0.4) is 0 Å². The first-order chi connectivity index (χ1) is 8.61. The number of piperazine rings is 1. The summed E-state index contributed by atoms with van der Waals surface area (Å²) in [7, 11) is 0. The highest BCUT2D eigenvalue weighted by molar-refractivity contribution is 5.85. The molecule has 0 aromatic heterocycles. The average molecular weight is 287 g/mol. The molecule has 1 aromatic rings. The molecular formula is C14H20ClFN2O. The molecule has 1 aliphatic rings. The summed E-state index contributed by atoms with van der Waals surface area (Å²) in [6.45, 7) is 6.09. The van der Waals surface area contributed by atoms with Gasteiger partial charge in [-0.25, -0.2) is 4.39 Å². The van der Waals surface area contributed by atoms with E-state index in [1.165, 1.54) is 6.07 Å². The van der Waals surface area contributed by atoms with E-state index in [-0.39, 0.29) is 30.2 Å². The van der Waals surface area contributed by atoms with E-state index in [0.717, 1.165) is 13.1 Å². The van der Waals surface area contributed by atoms with Crippen LogP contribution in [0.1, 0.15) is 25.3 Å². The highest BCUT2D eigenvalue weighted by Gasteiger charge is 2.28. The van der Waals surface area contributed by atoms with E-state index in [9.17, 15) is 9.18 Å². The van der Waals surface area contributed by atoms with Gasteiger partial charge in [-0.05, 0) is 25.5 Å². The molecule has 1 aromatic carbocycles. The minimum Gasteiger partial charge on any atom is -0.337 e. The van der Waals surface area contributed by atoms with Crippen molar-refractivity contribution in [2.75, 3.05) is 19.6 Å². The Morgan fingerprint density at radius 1 is 1.47 bits per heavy atom. The van der Waals surface area contributed by atoms with Crippen molar-refractivity contribution in [3.63, 3.8) is 0 Å². The lowest BCUT2D eigenvalue weighted by Crippen LogP contribution is -2.53. The SMILES string of the molecule is CC(C(=O)N1CCNC[C@H]1C)c1ccccc1F.Cl. The fraction of sp³-hybridized carbons (Fsp3) is 0.500. The van der Waals surface area contributed by atoms with Gasteiger partial charge < -0.3 is 10.2 Å². The van der Waals surface area contributed by atoms with Crippen LogP contribution in [0.5, 0.6) is 0 Å². The Balaban J connectivity index is 0.00000180. The number of hydrogen-bond acceptors (Lipinski definition) is 2. The first kappa shape index (κ1) is 15.9. The molecular weight excluding hydrogens is 267 g/mol. The van der Waals surface area contributed by atoms with E-state index < -0.39 is 5.92 Å². The number of rotatable bonds is 2. The molecule has 0 spiro atoms. The van der Waals surface area contributed by atoms with E-state index in [1.54, 1.807) is 25.1 Å². The number of carbonyl (C=O) groups excluding carboxylic acids is 1. The fourth-order valence-electron chi connectivity index (χ4n) is 2.38. The highest BCUT2D eigenvalue weighted by atomic mass is 35.5. The van der Waals surface area contributed by atoms with Gasteiger partial charge in [0, 0.05) is 25.7 Å². The first-order valence-corrected chi connectivity index (χ1v) is 6.37. The summed E-state index contributed by atoms with van der Waals surface area (Å²) in [5.41, 5.74) is 0.480. The minimum absolute atomic E-state index is 0. The number of halogens is 2. The van der Waals surface area contributed by atoms with Crippen LogP contribution in [0.2, 0.25) is 0 Å². The molecule has 0 radical (unpaired) electrons. The van der Waals surface area contributed by atoms with Gasteiger partial charge in [-0.2, -0.15) is 0 Å². The van der Waals surface area contributed by atoms with Gasteiger partial charge in [0.15, 0.2) is 0 Å². The molecule has 0 bridgehead atoms. The third-order valence-corrected chi connectivity index (χ3v) is 3.53. The van der Waals surface area contributed by atoms with Crippen LogP contribution < -0.4 is 5.32 Å². The number of carbonyl (C=O) groups is 1. The van der Waals surface area contributed by atoms with Crippen LogP contribution in [0.15, 0.2) is 24.3 Å². The second kappa shape index (κ2) is 6.87. The minimum atomic E-state index is -0.424. The van der Waals surface area contributed by atoms with Gasteiger partial charge in [-0.1, -0.05) is 18.2 Å². The fourth-order valence-corrected chi connectivity index (χ4v) is 2.38. The first-order valence-electron chi connectivity index (χ1n) is 6.37. The predicted molar refractivity (Wildman–Crippen MR) is 76.1 cm³/mol. The van der Waals surface area contributed by atoms with Crippen LogP contribution in [0, 0.1) is 5.82 Å². The lowest BCUT2D eigenvalue weighted by molar-refractivity contribution is -0.135. The summed E-state index contributed by atoms with van der Waals surface area (Å²) in [4.78, 5) is 14.2. The molecule has 1 fully saturated rings. The zero-order chi connectivity index (χ0) is 13.1. The smallest absolute Gasteiger partial charge is 0.230 e. The summed E-state index contributed by atoms with van der Waals surface area (Å²) in [5.74, 6) is -0.720. The van der Waals surface area contributed by atoms with E-state index >= 15 is 0 Å². The number of hydrogen-bond donors (Lipinski definition) is 1. The monoisotopic (exact) mass is 286 g/mol. The van der Waals surface area contributed by atoms with Crippen molar-refractivity contribution >= 4 is 18.3 Å². The van der Waals surface area contributed by atoms with E-state index in [1.807, 2.05) is 11.8 Å². The molecule has 0 aliphatic carbocycles. The van der Waals surface area contributed by atoms with Gasteiger partial charge in [0.25, 0.3) is 0 Å². The van der Waals surface area contributed by atoms with Crippen molar-refractivity contribution in [3.05, 3.63) is 35.6 Å². The Kier molecular flexibility index (Phi) is 5.76. The van der Waals surface area contributed by atoms with Crippen molar-refractivity contribution in [1.82, 2.24) is 10.2 Å². The lowest BCUT2D eigenvalue weighted by atomic mass is 9.98. The molecule has 5 heteroatoms. The Bertz CT molecular complexity index is 441. The van der Waals surface area contributed by atoms with Gasteiger partial charge in [-0.3, -0.25) is 4.79 Å². The van der Waals surface area contributed by atoms with Gasteiger partial charge in [0.1, 0.15) is 5.82 Å². The maximum atomic E-state index is 13.7. The van der Waals surface area contributed by atoms with Gasteiger partial charge in [0.2, 0.25) is 5.91 Å². The van der Waals surface area contributed by atoms with Gasteiger partial charge >= 0.3 is 0 Å². The second-order valence-corrected chi connectivity index (χ2v) is 4.83. The van der Waals surface area contributed by atoms with Crippen molar-refractivity contribution in [3.8, 4) is 0 Å². The van der Waals surface area contributed by atoms with Crippen LogP contribution in [-0.4, -0.2) is 36.5 Å². The standard InChI is InChI=1S/C14H19FN2O.ClH/c1-10-9-16-7-8-17(10)14(18)11(2)12-5-3-4-6-13(12)15;/h3-6,10-11,16H,7-9H2,1-2H3;1H/t10-,11?;/m1./s1. The molecule has 1 unspecified atom stereocenters. The van der Waals surface area contributed by atoms with Crippen molar-refractivity contribution in [1.29, 1.82) is 0 Å². The third-order valence-electron chi connectivity index (χ3n) is 3.53. The molecule has 3 nitrogen and oxygen atoms in total. The molecule has 2 rings (SSSR count). The van der Waals surface area contributed by atoms with Gasteiger partial charge in [0.05, 0.1) is 5.92 Å². The Morgan fingerprint density at radius 3 is 2.79 bits per heavy atom. The number of amides is 1. The van der Waals surface area contributed by atoms with Crippen molar-refractivity contribution in [2.24, 2.45) is 0 Å². The quantitative estimate of drug-likeness (QED) is 0.904. The molecule has 1 N–H and O–H groups in total. The normalized spacial score (nSPS) is 20.6. The molecule has 1 heterocycles. The van der Waals surface area contributed by atoms with Gasteiger partial charge in [-0.15, -0.1) is 12.4 Å². The summed E-state index contributed by atoms with van der Waals surface area (Å²) >= 11 is 0. The molecule has 0 saturated carbocycles. The molecule has 19 heavy (non-hydrogen) atoms. The second-order valence-electron chi connectivity index (χ2n) is 4.83. The molecule has 1 saturated heterocycles. The predicted octanol–water partition coefficient (Wildman–Crippen LogP) is 2.17. The summed E-state index contributed by atoms with van der Waals surface area (Å²) < 4.78 is 13.7. The summed E-state index contributed by atoms with van der Waals surface area (Å²) in [5, 5.41) is 3.24. The Hall–Kier alpha value is -1.13. The highest BCUT2D eigenvalue weighted by Crippen LogP contribution is 2.22. The summed E-state index contributed by atoms with van der Waals surface area (Å²) in [6.07, 6.45) is 0. The zero-order valence-corrected chi connectivity index (χ0v) is 12.0. The van der Waals surface area contributed by atoms with Crippen molar-refractivity contribution in [2.45, 2.75) is 25.8 Å². The maximum absolute atomic E-state index is 13.7. The number of nitrogens with one attached hydrogen (secondary N) is 1. The molecule has 1 amide bonds. The molecule has 2 atom stereocenters.